The molecule has 0 aliphatic carbocycles. The van der Waals surface area contributed by atoms with Gasteiger partial charge < -0.3 is 10.1 Å². The molecule has 1 N–H and O–H groups in total. The van der Waals surface area contributed by atoms with Gasteiger partial charge in [0.2, 0.25) is 0 Å². The Labute approximate surface area is 145 Å². The molecule has 1 amide bonds. The van der Waals surface area contributed by atoms with E-state index in [1.165, 1.54) is 16.7 Å². The molecular formula is C21H27NO2. The van der Waals surface area contributed by atoms with Crippen molar-refractivity contribution in [1.82, 2.24) is 5.32 Å². The SMILES string of the molecule is CCOc1ccc(C(=O)N[C@@H](C)c2cc(C)c(C)cc2C)cc1C. The highest BCUT2D eigenvalue weighted by Crippen LogP contribution is 2.23. The van der Waals surface area contributed by atoms with Crippen LogP contribution >= 0.6 is 0 Å². The number of nitrogens with one attached hydrogen (secondary N) is 1. The maximum Gasteiger partial charge on any atom is 0.251 e. The molecular weight excluding hydrogens is 298 g/mol. The summed E-state index contributed by atoms with van der Waals surface area (Å²) in [5.41, 5.74) is 6.51. The van der Waals surface area contributed by atoms with Gasteiger partial charge in [-0.3, -0.25) is 4.79 Å². The molecule has 0 radical (unpaired) electrons. The molecule has 0 heterocycles. The van der Waals surface area contributed by atoms with Gasteiger partial charge in [-0.25, -0.2) is 0 Å². The van der Waals surface area contributed by atoms with Gasteiger partial charge in [0, 0.05) is 5.56 Å². The molecule has 0 fully saturated rings. The molecule has 0 bridgehead atoms. The van der Waals surface area contributed by atoms with E-state index in [4.69, 9.17) is 4.74 Å². The zero-order valence-electron chi connectivity index (χ0n) is 15.5. The van der Waals surface area contributed by atoms with Crippen molar-refractivity contribution >= 4 is 5.91 Å². The lowest BCUT2D eigenvalue weighted by molar-refractivity contribution is 0.0939. The Morgan fingerprint density at radius 1 is 1.00 bits per heavy atom. The smallest absolute Gasteiger partial charge is 0.251 e. The highest BCUT2D eigenvalue weighted by atomic mass is 16.5. The van der Waals surface area contributed by atoms with Crippen molar-refractivity contribution in [3.63, 3.8) is 0 Å². The van der Waals surface area contributed by atoms with Crippen molar-refractivity contribution in [3.05, 3.63) is 63.7 Å². The Balaban J connectivity index is 2.17. The van der Waals surface area contributed by atoms with Gasteiger partial charge in [-0.15, -0.1) is 0 Å². The van der Waals surface area contributed by atoms with Gasteiger partial charge in [-0.1, -0.05) is 12.1 Å². The van der Waals surface area contributed by atoms with Crippen molar-refractivity contribution in [2.24, 2.45) is 0 Å². The van der Waals surface area contributed by atoms with E-state index < -0.39 is 0 Å². The quantitative estimate of drug-likeness (QED) is 0.856. The molecule has 0 saturated carbocycles. The van der Waals surface area contributed by atoms with Gasteiger partial charge in [0.15, 0.2) is 0 Å². The van der Waals surface area contributed by atoms with Crippen molar-refractivity contribution in [2.75, 3.05) is 6.61 Å². The molecule has 3 nitrogen and oxygen atoms in total. The van der Waals surface area contributed by atoms with Crippen LogP contribution < -0.4 is 10.1 Å². The van der Waals surface area contributed by atoms with Gasteiger partial charge >= 0.3 is 0 Å². The number of carbonyl (C=O) groups is 1. The van der Waals surface area contributed by atoms with Crippen molar-refractivity contribution in [1.29, 1.82) is 0 Å². The molecule has 0 aliphatic heterocycles. The second kappa shape index (κ2) is 7.52. The summed E-state index contributed by atoms with van der Waals surface area (Å²) in [5.74, 6) is 0.762. The lowest BCUT2D eigenvalue weighted by atomic mass is 9.96. The van der Waals surface area contributed by atoms with Crippen molar-refractivity contribution in [3.8, 4) is 5.75 Å². The molecule has 0 unspecified atom stereocenters. The maximum atomic E-state index is 12.6. The fourth-order valence-corrected chi connectivity index (χ4v) is 2.92. The number of amides is 1. The standard InChI is InChI=1S/C21H27NO2/c1-7-24-20-9-8-18(11-16(20)5)21(23)22-17(6)19-12-14(3)13(2)10-15(19)4/h8-12,17H,7H2,1-6H3,(H,22,23)/t17-/m0/s1. The summed E-state index contributed by atoms with van der Waals surface area (Å²) in [6.07, 6.45) is 0. The van der Waals surface area contributed by atoms with Crippen LogP contribution in [-0.2, 0) is 0 Å². The molecule has 0 spiro atoms. The number of ether oxygens (including phenoxy) is 1. The summed E-state index contributed by atoms with van der Waals surface area (Å²) in [6, 6.07) is 9.85. The van der Waals surface area contributed by atoms with Gasteiger partial charge in [0.1, 0.15) is 5.75 Å². The third-order valence-corrected chi connectivity index (χ3v) is 4.43. The molecule has 0 aromatic heterocycles. The summed E-state index contributed by atoms with van der Waals surface area (Å²) in [5, 5.41) is 3.10. The first kappa shape index (κ1) is 18.1. The van der Waals surface area contributed by atoms with Gasteiger partial charge in [-0.2, -0.15) is 0 Å². The van der Waals surface area contributed by atoms with Gasteiger partial charge in [0.25, 0.3) is 5.91 Å². The average molecular weight is 325 g/mol. The average Bonchev–Trinajstić information content (AvgIpc) is 2.52. The maximum absolute atomic E-state index is 12.6. The number of carbonyl (C=O) groups excluding carboxylic acids is 1. The van der Waals surface area contributed by atoms with Crippen LogP contribution in [0.2, 0.25) is 0 Å². The number of aryl methyl sites for hydroxylation is 4. The summed E-state index contributed by atoms with van der Waals surface area (Å²) < 4.78 is 5.53. The lowest BCUT2D eigenvalue weighted by Gasteiger charge is -2.19. The van der Waals surface area contributed by atoms with Gasteiger partial charge in [0.05, 0.1) is 12.6 Å². The minimum atomic E-state index is -0.0636. The summed E-state index contributed by atoms with van der Waals surface area (Å²) >= 11 is 0. The molecule has 1 atom stereocenters. The Hall–Kier alpha value is -2.29. The highest BCUT2D eigenvalue weighted by molar-refractivity contribution is 5.94. The first-order valence-corrected chi connectivity index (χ1v) is 8.45. The third-order valence-electron chi connectivity index (χ3n) is 4.43. The number of rotatable bonds is 5. The molecule has 3 heteroatoms. The molecule has 0 aliphatic rings. The van der Waals surface area contributed by atoms with Crippen LogP contribution in [0.25, 0.3) is 0 Å². The largest absolute Gasteiger partial charge is 0.494 e. The first-order chi connectivity index (χ1) is 11.3. The van der Waals surface area contributed by atoms with E-state index in [-0.39, 0.29) is 11.9 Å². The zero-order valence-corrected chi connectivity index (χ0v) is 15.5. The van der Waals surface area contributed by atoms with Crippen LogP contribution in [-0.4, -0.2) is 12.5 Å². The Morgan fingerprint density at radius 3 is 2.29 bits per heavy atom. The van der Waals surface area contributed by atoms with Gasteiger partial charge in [-0.05, 0) is 87.6 Å². The van der Waals surface area contributed by atoms with E-state index >= 15 is 0 Å². The summed E-state index contributed by atoms with van der Waals surface area (Å²) in [4.78, 5) is 12.6. The topological polar surface area (TPSA) is 38.3 Å². The molecule has 128 valence electrons. The lowest BCUT2D eigenvalue weighted by Crippen LogP contribution is -2.27. The Morgan fingerprint density at radius 2 is 1.67 bits per heavy atom. The van der Waals surface area contributed by atoms with E-state index in [0.717, 1.165) is 16.9 Å². The van der Waals surface area contributed by atoms with Crippen LogP contribution in [0.4, 0.5) is 0 Å². The fraction of sp³-hybridized carbons (Fsp3) is 0.381. The van der Waals surface area contributed by atoms with Crippen LogP contribution in [0.1, 0.15) is 58.1 Å². The molecule has 0 saturated heterocycles. The monoisotopic (exact) mass is 325 g/mol. The molecule has 2 aromatic rings. The fourth-order valence-electron chi connectivity index (χ4n) is 2.92. The van der Waals surface area contributed by atoms with E-state index in [2.05, 4.69) is 38.2 Å². The second-order valence-corrected chi connectivity index (χ2v) is 6.40. The van der Waals surface area contributed by atoms with E-state index in [9.17, 15) is 4.79 Å². The predicted molar refractivity (Wildman–Crippen MR) is 98.9 cm³/mol. The van der Waals surface area contributed by atoms with Crippen LogP contribution in [0, 0.1) is 27.7 Å². The summed E-state index contributed by atoms with van der Waals surface area (Å²) in [6.45, 7) is 12.9. The zero-order chi connectivity index (χ0) is 17.9. The molecule has 2 rings (SSSR count). The molecule has 2 aromatic carbocycles. The second-order valence-electron chi connectivity index (χ2n) is 6.40. The number of hydrogen-bond acceptors (Lipinski definition) is 2. The minimum absolute atomic E-state index is 0.0383. The normalized spacial score (nSPS) is 11.9. The Bertz CT molecular complexity index is 750. The minimum Gasteiger partial charge on any atom is -0.494 e. The van der Waals surface area contributed by atoms with Crippen molar-refractivity contribution in [2.45, 2.75) is 47.6 Å². The highest BCUT2D eigenvalue weighted by Gasteiger charge is 2.15. The predicted octanol–water partition coefficient (Wildman–Crippen LogP) is 4.81. The van der Waals surface area contributed by atoms with Crippen LogP contribution in [0.3, 0.4) is 0 Å². The third kappa shape index (κ3) is 3.97. The van der Waals surface area contributed by atoms with E-state index in [0.29, 0.717) is 12.2 Å². The number of benzene rings is 2. The number of hydrogen-bond donors (Lipinski definition) is 1. The molecule has 24 heavy (non-hydrogen) atoms. The van der Waals surface area contributed by atoms with Crippen molar-refractivity contribution < 1.29 is 9.53 Å². The van der Waals surface area contributed by atoms with E-state index in [1.54, 1.807) is 0 Å². The summed E-state index contributed by atoms with van der Waals surface area (Å²) in [7, 11) is 0. The van der Waals surface area contributed by atoms with E-state index in [1.807, 2.05) is 39.0 Å². The van der Waals surface area contributed by atoms with Crippen LogP contribution in [0.15, 0.2) is 30.3 Å². The van der Waals surface area contributed by atoms with Crippen LogP contribution in [0.5, 0.6) is 5.75 Å². The first-order valence-electron chi connectivity index (χ1n) is 8.45. The Kier molecular flexibility index (Phi) is 5.66.